The predicted octanol–water partition coefficient (Wildman–Crippen LogP) is 4.23. The molecule has 2 fully saturated rings. The number of nitrogens with one attached hydrogen (secondary N) is 1. The third-order valence-corrected chi connectivity index (χ3v) is 8.46. The number of morpholine rings is 1. The third-order valence-electron chi connectivity index (χ3n) is 7.34. The summed E-state index contributed by atoms with van der Waals surface area (Å²) < 4.78 is 6.11. The van der Waals surface area contributed by atoms with Gasteiger partial charge in [0.05, 0.1) is 17.9 Å². The summed E-state index contributed by atoms with van der Waals surface area (Å²) in [6.45, 7) is 3.95. The Morgan fingerprint density at radius 3 is 2.79 bits per heavy atom. The second-order valence-corrected chi connectivity index (χ2v) is 10.7. The van der Waals surface area contributed by atoms with Gasteiger partial charge >= 0.3 is 0 Å². The van der Waals surface area contributed by atoms with Gasteiger partial charge in [0.1, 0.15) is 9.71 Å². The van der Waals surface area contributed by atoms with Gasteiger partial charge in [0.25, 0.3) is 5.91 Å². The monoisotopic (exact) mass is 462 g/mol. The van der Waals surface area contributed by atoms with Crippen LogP contribution >= 0.6 is 11.3 Å². The largest absolute Gasteiger partial charge is 0.397 e. The number of hydrogen-bond acceptors (Lipinski definition) is 6. The smallest absolute Gasteiger partial charge is 0.263 e. The molecule has 3 aliphatic rings. The van der Waals surface area contributed by atoms with Crippen molar-refractivity contribution in [3.63, 3.8) is 0 Å². The molecule has 6 nitrogen and oxygen atoms in total. The summed E-state index contributed by atoms with van der Waals surface area (Å²) in [4.78, 5) is 21.5. The summed E-state index contributed by atoms with van der Waals surface area (Å²) in [5.74, 6) is -0.0851. The zero-order chi connectivity index (χ0) is 22.5. The highest BCUT2D eigenvalue weighted by Gasteiger charge is 2.32. The van der Waals surface area contributed by atoms with Gasteiger partial charge in [0, 0.05) is 35.9 Å². The molecule has 1 amide bonds. The molecule has 4 heterocycles. The van der Waals surface area contributed by atoms with E-state index in [1.165, 1.54) is 47.4 Å². The van der Waals surface area contributed by atoms with Gasteiger partial charge in [0.15, 0.2) is 0 Å². The molecule has 6 rings (SSSR count). The van der Waals surface area contributed by atoms with Crippen molar-refractivity contribution < 1.29 is 9.53 Å². The Morgan fingerprint density at radius 2 is 1.97 bits per heavy atom. The van der Waals surface area contributed by atoms with Gasteiger partial charge in [-0.05, 0) is 80.8 Å². The molecule has 2 unspecified atom stereocenters. The number of aryl methyl sites for hydroxylation is 2. The average Bonchev–Trinajstić information content (AvgIpc) is 3.14. The maximum absolute atomic E-state index is 13.0. The number of benzene rings is 1. The summed E-state index contributed by atoms with van der Waals surface area (Å²) in [6.07, 6.45) is 7.20. The number of rotatable bonds is 3. The van der Waals surface area contributed by atoms with Crippen LogP contribution in [0.3, 0.4) is 0 Å². The van der Waals surface area contributed by atoms with Crippen LogP contribution < -0.4 is 16.0 Å². The second-order valence-electron chi connectivity index (χ2n) is 9.73. The minimum absolute atomic E-state index is 0.0851. The highest BCUT2D eigenvalue weighted by molar-refractivity contribution is 7.21. The Bertz CT molecular complexity index is 1210. The molecule has 2 aliphatic heterocycles. The number of fused-ring (bicyclic) bond motifs is 4. The second kappa shape index (κ2) is 8.29. The summed E-state index contributed by atoms with van der Waals surface area (Å²) in [5, 5.41) is 4.10. The van der Waals surface area contributed by atoms with E-state index in [1.807, 2.05) is 19.1 Å². The van der Waals surface area contributed by atoms with E-state index in [2.05, 4.69) is 33.4 Å². The minimum atomic E-state index is -0.0851. The lowest BCUT2D eigenvalue weighted by Gasteiger charge is -2.43. The summed E-state index contributed by atoms with van der Waals surface area (Å²) in [6, 6.07) is 10.9. The summed E-state index contributed by atoms with van der Waals surface area (Å²) >= 11 is 1.38. The van der Waals surface area contributed by atoms with E-state index >= 15 is 0 Å². The van der Waals surface area contributed by atoms with Crippen molar-refractivity contribution in [1.29, 1.82) is 0 Å². The number of nitrogens with zero attached hydrogens (tertiary/aromatic N) is 2. The number of ether oxygens (including phenoxy) is 1. The Kier molecular flexibility index (Phi) is 5.26. The van der Waals surface area contributed by atoms with Crippen LogP contribution in [0.25, 0.3) is 10.2 Å². The van der Waals surface area contributed by atoms with Crippen molar-refractivity contribution in [2.75, 3.05) is 23.7 Å². The fraction of sp³-hybridized carbons (Fsp3) is 0.462. The fourth-order valence-electron chi connectivity index (χ4n) is 5.60. The first-order chi connectivity index (χ1) is 16.0. The first-order valence-corrected chi connectivity index (χ1v) is 12.8. The summed E-state index contributed by atoms with van der Waals surface area (Å²) in [5.41, 5.74) is 11.8. The first kappa shape index (κ1) is 20.9. The molecule has 2 aromatic heterocycles. The van der Waals surface area contributed by atoms with E-state index in [9.17, 15) is 4.79 Å². The van der Waals surface area contributed by atoms with Gasteiger partial charge in [-0.2, -0.15) is 0 Å². The molecule has 1 aromatic carbocycles. The van der Waals surface area contributed by atoms with Crippen LogP contribution in [-0.4, -0.2) is 42.2 Å². The third kappa shape index (κ3) is 3.97. The minimum Gasteiger partial charge on any atom is -0.397 e. The standard InChI is InChI=1S/C26H30N4O2S/c1-15-5-10-22-23(27)24(33-26(22)28-15)25(31)29-18-8-6-17-12-19(9-7-16(17)11-18)30-13-20-3-2-4-21(14-30)32-20/h5,7,9-10,12,18,20-21H,2-4,6,8,11,13-14,27H2,1H3,(H,29,31)/t18-,20?,21?/m0/s1. The van der Waals surface area contributed by atoms with E-state index in [0.717, 1.165) is 48.3 Å². The fourth-order valence-corrected chi connectivity index (χ4v) is 6.64. The van der Waals surface area contributed by atoms with Crippen LogP contribution in [0.15, 0.2) is 30.3 Å². The van der Waals surface area contributed by atoms with Crippen LogP contribution in [0.4, 0.5) is 11.4 Å². The Labute approximate surface area is 198 Å². The van der Waals surface area contributed by atoms with Crippen molar-refractivity contribution in [1.82, 2.24) is 10.3 Å². The number of carbonyl (C=O) groups excluding carboxylic acids is 1. The van der Waals surface area contributed by atoms with Crippen LogP contribution in [0, 0.1) is 6.92 Å². The number of hydrogen-bond donors (Lipinski definition) is 2. The van der Waals surface area contributed by atoms with Crippen molar-refractivity contribution in [3.8, 4) is 0 Å². The Balaban J connectivity index is 1.15. The molecule has 2 saturated heterocycles. The highest BCUT2D eigenvalue weighted by Crippen LogP contribution is 2.34. The lowest BCUT2D eigenvalue weighted by molar-refractivity contribution is -0.0605. The molecule has 2 bridgehead atoms. The molecule has 0 saturated carbocycles. The number of thiophene rings is 1. The topological polar surface area (TPSA) is 80.5 Å². The quantitative estimate of drug-likeness (QED) is 0.609. The number of aromatic nitrogens is 1. The molecule has 172 valence electrons. The normalized spacial score (nSPS) is 24.5. The molecule has 3 aromatic rings. The van der Waals surface area contributed by atoms with Crippen LogP contribution in [0.5, 0.6) is 0 Å². The molecule has 7 heteroatoms. The number of pyridine rings is 1. The van der Waals surface area contributed by atoms with Gasteiger partial charge in [-0.25, -0.2) is 4.98 Å². The van der Waals surface area contributed by atoms with Crippen molar-refractivity contribution in [2.24, 2.45) is 0 Å². The van der Waals surface area contributed by atoms with Gasteiger partial charge < -0.3 is 20.7 Å². The van der Waals surface area contributed by atoms with Crippen LogP contribution in [0.2, 0.25) is 0 Å². The van der Waals surface area contributed by atoms with E-state index in [0.29, 0.717) is 22.8 Å². The molecular formula is C26H30N4O2S. The number of anilines is 2. The molecule has 1 aliphatic carbocycles. The van der Waals surface area contributed by atoms with Crippen molar-refractivity contribution in [2.45, 2.75) is 63.7 Å². The van der Waals surface area contributed by atoms with Crippen molar-refractivity contribution >= 4 is 38.8 Å². The number of amides is 1. The molecular weight excluding hydrogens is 432 g/mol. The first-order valence-electron chi connectivity index (χ1n) is 12.0. The SMILES string of the molecule is Cc1ccc2c(N)c(C(=O)N[C@H]3CCc4cc(N5CC6CCCC(C5)O6)ccc4C3)sc2n1. The number of nitrogen functional groups attached to an aromatic ring is 1. The molecule has 0 radical (unpaired) electrons. The van der Waals surface area contributed by atoms with Gasteiger partial charge in [0.2, 0.25) is 0 Å². The van der Waals surface area contributed by atoms with E-state index in [-0.39, 0.29) is 11.9 Å². The molecule has 0 spiro atoms. The molecule has 3 N–H and O–H groups in total. The van der Waals surface area contributed by atoms with Gasteiger partial charge in [-0.1, -0.05) is 6.07 Å². The zero-order valence-electron chi connectivity index (χ0n) is 19.0. The Hall–Kier alpha value is -2.64. The average molecular weight is 463 g/mol. The Morgan fingerprint density at radius 1 is 1.15 bits per heavy atom. The molecule has 3 atom stereocenters. The van der Waals surface area contributed by atoms with E-state index < -0.39 is 0 Å². The maximum Gasteiger partial charge on any atom is 0.263 e. The van der Waals surface area contributed by atoms with Crippen LogP contribution in [0.1, 0.15) is 52.2 Å². The zero-order valence-corrected chi connectivity index (χ0v) is 19.8. The summed E-state index contributed by atoms with van der Waals surface area (Å²) in [7, 11) is 0. The van der Waals surface area contributed by atoms with Gasteiger partial charge in [-0.3, -0.25) is 4.79 Å². The van der Waals surface area contributed by atoms with Gasteiger partial charge in [-0.15, -0.1) is 11.3 Å². The van der Waals surface area contributed by atoms with E-state index in [1.54, 1.807) is 0 Å². The predicted molar refractivity (Wildman–Crippen MR) is 133 cm³/mol. The van der Waals surface area contributed by atoms with Crippen LogP contribution in [-0.2, 0) is 17.6 Å². The van der Waals surface area contributed by atoms with E-state index in [4.69, 9.17) is 10.5 Å². The lowest BCUT2D eigenvalue weighted by Crippen LogP contribution is -2.50. The maximum atomic E-state index is 13.0. The lowest BCUT2D eigenvalue weighted by atomic mass is 9.87. The number of nitrogens with two attached hydrogens (primary N) is 1. The van der Waals surface area contributed by atoms with Crippen molar-refractivity contribution in [3.05, 3.63) is 52.0 Å². The molecule has 33 heavy (non-hydrogen) atoms. The highest BCUT2D eigenvalue weighted by atomic mass is 32.1. The number of carbonyl (C=O) groups is 1.